The number of imide groups is 1. The van der Waals surface area contributed by atoms with Gasteiger partial charge in [0.15, 0.2) is 0 Å². The fourth-order valence-electron chi connectivity index (χ4n) is 3.43. The average Bonchev–Trinajstić information content (AvgIpc) is 2.89. The van der Waals surface area contributed by atoms with Gasteiger partial charge in [-0.15, -0.1) is 0 Å². The van der Waals surface area contributed by atoms with Crippen molar-refractivity contribution in [1.82, 2.24) is 14.5 Å². The van der Waals surface area contributed by atoms with Gasteiger partial charge in [0.05, 0.1) is 17.4 Å². The molecule has 136 valence electrons. The number of carbonyl (C=O) groups is 2. The molecule has 1 N–H and O–H groups in total. The van der Waals surface area contributed by atoms with E-state index < -0.39 is 16.1 Å². The minimum absolute atomic E-state index is 0.0424. The molecule has 0 aliphatic carbocycles. The van der Waals surface area contributed by atoms with E-state index in [0.717, 1.165) is 0 Å². The number of rotatable bonds is 5. The first-order valence-electron chi connectivity index (χ1n) is 8.59. The summed E-state index contributed by atoms with van der Waals surface area (Å²) in [7, 11) is -3.47. The second-order valence-electron chi connectivity index (χ2n) is 6.39. The third-order valence-corrected chi connectivity index (χ3v) is 6.74. The molecule has 2 aliphatic rings. The molecular weight excluding hydrogens is 342 g/mol. The number of amides is 2. The van der Waals surface area contributed by atoms with Gasteiger partial charge < -0.3 is 5.32 Å². The molecule has 7 nitrogen and oxygen atoms in total. The SMILES string of the molecule is CCN1C(=O)CC(NC2CCN(S(=O)(=O)c3ccccc3)CC2)C1=O. The Hall–Kier alpha value is -1.77. The zero-order valence-electron chi connectivity index (χ0n) is 14.2. The van der Waals surface area contributed by atoms with Crippen LogP contribution >= 0.6 is 0 Å². The van der Waals surface area contributed by atoms with Crippen molar-refractivity contribution >= 4 is 21.8 Å². The van der Waals surface area contributed by atoms with Gasteiger partial charge in [0.25, 0.3) is 0 Å². The van der Waals surface area contributed by atoms with Crippen LogP contribution in [0.25, 0.3) is 0 Å². The van der Waals surface area contributed by atoms with Crippen LogP contribution in [0.4, 0.5) is 0 Å². The molecule has 0 radical (unpaired) electrons. The van der Waals surface area contributed by atoms with Crippen LogP contribution in [0.15, 0.2) is 35.2 Å². The van der Waals surface area contributed by atoms with Crippen LogP contribution in [-0.4, -0.2) is 61.2 Å². The fourth-order valence-corrected chi connectivity index (χ4v) is 4.93. The molecule has 1 unspecified atom stereocenters. The number of nitrogens with zero attached hydrogens (tertiary/aromatic N) is 2. The quantitative estimate of drug-likeness (QED) is 0.771. The van der Waals surface area contributed by atoms with Crippen molar-refractivity contribution in [3.63, 3.8) is 0 Å². The zero-order valence-corrected chi connectivity index (χ0v) is 15.0. The molecule has 2 heterocycles. The van der Waals surface area contributed by atoms with Gasteiger partial charge in [0.1, 0.15) is 0 Å². The highest BCUT2D eigenvalue weighted by atomic mass is 32.2. The molecule has 8 heteroatoms. The molecule has 0 aromatic heterocycles. The molecular formula is C17H23N3O4S. The molecule has 2 fully saturated rings. The van der Waals surface area contributed by atoms with Crippen molar-refractivity contribution in [2.24, 2.45) is 0 Å². The van der Waals surface area contributed by atoms with Gasteiger partial charge in [0.2, 0.25) is 21.8 Å². The summed E-state index contributed by atoms with van der Waals surface area (Å²) < 4.78 is 26.7. The van der Waals surface area contributed by atoms with Gasteiger partial charge in [-0.1, -0.05) is 18.2 Å². The molecule has 0 spiro atoms. The van der Waals surface area contributed by atoms with Crippen LogP contribution in [-0.2, 0) is 19.6 Å². The smallest absolute Gasteiger partial charge is 0.246 e. The lowest BCUT2D eigenvalue weighted by atomic mass is 10.1. The number of likely N-dealkylation sites (N-methyl/N-ethyl adjacent to an activating group) is 1. The van der Waals surface area contributed by atoms with E-state index in [1.165, 1.54) is 9.21 Å². The first-order valence-corrected chi connectivity index (χ1v) is 10.0. The highest BCUT2D eigenvalue weighted by Gasteiger charge is 2.39. The third-order valence-electron chi connectivity index (χ3n) is 4.83. The Labute approximate surface area is 148 Å². The third kappa shape index (κ3) is 3.61. The van der Waals surface area contributed by atoms with Crippen molar-refractivity contribution in [2.45, 2.75) is 43.2 Å². The summed E-state index contributed by atoms with van der Waals surface area (Å²) >= 11 is 0. The lowest BCUT2D eigenvalue weighted by Gasteiger charge is -2.32. The lowest BCUT2D eigenvalue weighted by molar-refractivity contribution is -0.138. The second kappa shape index (κ2) is 7.23. The maximum absolute atomic E-state index is 12.6. The molecule has 1 atom stereocenters. The topological polar surface area (TPSA) is 86.8 Å². The molecule has 0 bridgehead atoms. The maximum Gasteiger partial charge on any atom is 0.246 e. The van der Waals surface area contributed by atoms with E-state index in [9.17, 15) is 18.0 Å². The average molecular weight is 365 g/mol. The van der Waals surface area contributed by atoms with Crippen molar-refractivity contribution in [2.75, 3.05) is 19.6 Å². The van der Waals surface area contributed by atoms with Crippen LogP contribution in [0, 0.1) is 0 Å². The largest absolute Gasteiger partial charge is 0.303 e. The first-order chi connectivity index (χ1) is 11.9. The summed E-state index contributed by atoms with van der Waals surface area (Å²) in [4.78, 5) is 25.5. The molecule has 3 rings (SSSR count). The molecule has 2 amide bonds. The minimum atomic E-state index is -3.47. The van der Waals surface area contributed by atoms with Crippen molar-refractivity contribution < 1.29 is 18.0 Å². The predicted octanol–water partition coefficient (Wildman–Crippen LogP) is 0.577. The van der Waals surface area contributed by atoms with E-state index in [1.54, 1.807) is 37.3 Å². The molecule has 0 saturated carbocycles. The zero-order chi connectivity index (χ0) is 18.0. The van der Waals surface area contributed by atoms with E-state index in [-0.39, 0.29) is 24.3 Å². The highest BCUT2D eigenvalue weighted by Crippen LogP contribution is 2.22. The van der Waals surface area contributed by atoms with Gasteiger partial charge in [-0.25, -0.2) is 8.42 Å². The van der Waals surface area contributed by atoms with E-state index in [1.807, 2.05) is 0 Å². The summed E-state index contributed by atoms with van der Waals surface area (Å²) in [5, 5.41) is 3.24. The Morgan fingerprint density at radius 2 is 1.76 bits per heavy atom. The van der Waals surface area contributed by atoms with E-state index >= 15 is 0 Å². The highest BCUT2D eigenvalue weighted by molar-refractivity contribution is 7.89. The number of piperidine rings is 1. The molecule has 25 heavy (non-hydrogen) atoms. The van der Waals surface area contributed by atoms with E-state index in [4.69, 9.17) is 0 Å². The van der Waals surface area contributed by atoms with Crippen LogP contribution in [0.2, 0.25) is 0 Å². The number of nitrogens with one attached hydrogen (secondary N) is 1. The Balaban J connectivity index is 1.58. The van der Waals surface area contributed by atoms with Crippen molar-refractivity contribution in [1.29, 1.82) is 0 Å². The maximum atomic E-state index is 12.6. The number of hydrogen-bond acceptors (Lipinski definition) is 5. The molecule has 1 aromatic rings. The van der Waals surface area contributed by atoms with E-state index in [0.29, 0.717) is 37.4 Å². The lowest BCUT2D eigenvalue weighted by Crippen LogP contribution is -2.49. The van der Waals surface area contributed by atoms with Gasteiger partial charge in [0, 0.05) is 25.7 Å². The number of hydrogen-bond donors (Lipinski definition) is 1. The summed E-state index contributed by atoms with van der Waals surface area (Å²) in [6, 6.07) is 7.97. The molecule has 2 aliphatic heterocycles. The van der Waals surface area contributed by atoms with Gasteiger partial charge in [-0.2, -0.15) is 4.31 Å². The van der Waals surface area contributed by atoms with Crippen LogP contribution in [0.1, 0.15) is 26.2 Å². The normalized spacial score (nSPS) is 23.4. The van der Waals surface area contributed by atoms with Crippen molar-refractivity contribution in [3.8, 4) is 0 Å². The first kappa shape index (κ1) is 18.0. The summed E-state index contributed by atoms with van der Waals surface area (Å²) in [6.45, 7) is 2.98. The second-order valence-corrected chi connectivity index (χ2v) is 8.33. The van der Waals surface area contributed by atoms with Gasteiger partial charge >= 0.3 is 0 Å². The Morgan fingerprint density at radius 3 is 2.32 bits per heavy atom. The Kier molecular flexibility index (Phi) is 5.21. The number of benzene rings is 1. The van der Waals surface area contributed by atoms with Crippen LogP contribution in [0.3, 0.4) is 0 Å². The molecule has 1 aromatic carbocycles. The minimum Gasteiger partial charge on any atom is -0.303 e. The van der Waals surface area contributed by atoms with E-state index in [2.05, 4.69) is 5.32 Å². The monoisotopic (exact) mass is 365 g/mol. The van der Waals surface area contributed by atoms with Crippen molar-refractivity contribution in [3.05, 3.63) is 30.3 Å². The van der Waals surface area contributed by atoms with Crippen LogP contribution < -0.4 is 5.32 Å². The molecule has 2 saturated heterocycles. The Bertz CT molecular complexity index is 742. The Morgan fingerprint density at radius 1 is 1.12 bits per heavy atom. The van der Waals surface area contributed by atoms with Crippen LogP contribution in [0.5, 0.6) is 0 Å². The van der Waals surface area contributed by atoms with Gasteiger partial charge in [-0.05, 0) is 31.9 Å². The van der Waals surface area contributed by atoms with Gasteiger partial charge in [-0.3, -0.25) is 14.5 Å². The number of carbonyl (C=O) groups excluding carboxylic acids is 2. The summed E-state index contributed by atoms with van der Waals surface area (Å²) in [5.41, 5.74) is 0. The number of sulfonamides is 1. The summed E-state index contributed by atoms with van der Waals surface area (Å²) in [5.74, 6) is -0.319. The summed E-state index contributed by atoms with van der Waals surface area (Å²) in [6.07, 6.45) is 1.43. The predicted molar refractivity (Wildman–Crippen MR) is 92.2 cm³/mol. The number of likely N-dealkylation sites (tertiary alicyclic amines) is 1. The fraction of sp³-hybridized carbons (Fsp3) is 0.529. The standard InChI is InChI=1S/C17H23N3O4S/c1-2-20-16(21)12-15(17(20)22)18-13-8-10-19(11-9-13)25(23,24)14-6-4-3-5-7-14/h3-7,13,15,18H,2,8-12H2,1H3.